The average molecular weight is 362 g/mol. The standard InChI is InChI=1S/C12H10BrClN2O2S/c1-7(11(17)16-12-15-4-5-19-12)18-10-3-2-8(14)6-9(10)13/h2-7H,1H3,(H,15,16,17). The lowest BCUT2D eigenvalue weighted by Crippen LogP contribution is -2.30. The number of amides is 1. The molecular formula is C12H10BrClN2O2S. The fraction of sp³-hybridized carbons (Fsp3) is 0.167. The highest BCUT2D eigenvalue weighted by Crippen LogP contribution is 2.28. The van der Waals surface area contributed by atoms with Crippen LogP contribution in [0.25, 0.3) is 0 Å². The number of carbonyl (C=O) groups excluding carboxylic acids is 1. The number of ether oxygens (including phenoxy) is 1. The molecule has 1 aromatic heterocycles. The van der Waals surface area contributed by atoms with Crippen molar-refractivity contribution in [3.63, 3.8) is 0 Å². The van der Waals surface area contributed by atoms with Gasteiger partial charge in [-0.2, -0.15) is 0 Å². The Labute approximate surface area is 127 Å². The lowest BCUT2D eigenvalue weighted by Gasteiger charge is -2.14. The Balaban J connectivity index is 2.00. The van der Waals surface area contributed by atoms with Crippen LogP contribution in [0.4, 0.5) is 5.13 Å². The van der Waals surface area contributed by atoms with Crippen molar-refractivity contribution in [2.24, 2.45) is 0 Å². The molecule has 0 bridgehead atoms. The molecule has 0 saturated carbocycles. The van der Waals surface area contributed by atoms with Gasteiger partial charge in [0.25, 0.3) is 5.91 Å². The number of nitrogens with zero attached hydrogens (tertiary/aromatic N) is 1. The van der Waals surface area contributed by atoms with E-state index in [1.807, 2.05) is 0 Å². The topological polar surface area (TPSA) is 51.2 Å². The third kappa shape index (κ3) is 3.92. The van der Waals surface area contributed by atoms with E-state index >= 15 is 0 Å². The quantitative estimate of drug-likeness (QED) is 0.896. The zero-order chi connectivity index (χ0) is 13.8. The maximum atomic E-state index is 11.9. The Morgan fingerprint density at radius 2 is 2.37 bits per heavy atom. The van der Waals surface area contributed by atoms with E-state index in [0.717, 1.165) is 0 Å². The van der Waals surface area contributed by atoms with Crippen LogP contribution >= 0.6 is 38.9 Å². The van der Waals surface area contributed by atoms with Crippen LogP contribution in [0, 0.1) is 0 Å². The van der Waals surface area contributed by atoms with Gasteiger partial charge in [-0.3, -0.25) is 10.1 Å². The summed E-state index contributed by atoms with van der Waals surface area (Å²) in [5.74, 6) is 0.308. The number of halogens is 2. The van der Waals surface area contributed by atoms with Gasteiger partial charge in [-0.05, 0) is 41.1 Å². The number of hydrogen-bond acceptors (Lipinski definition) is 4. The van der Waals surface area contributed by atoms with Crippen molar-refractivity contribution in [3.8, 4) is 5.75 Å². The fourth-order valence-corrected chi connectivity index (χ4v) is 2.61. The molecule has 0 saturated heterocycles. The molecule has 0 aliphatic rings. The highest BCUT2D eigenvalue weighted by molar-refractivity contribution is 9.10. The van der Waals surface area contributed by atoms with E-state index in [4.69, 9.17) is 16.3 Å². The monoisotopic (exact) mass is 360 g/mol. The van der Waals surface area contributed by atoms with Crippen molar-refractivity contribution in [1.29, 1.82) is 0 Å². The fourth-order valence-electron chi connectivity index (χ4n) is 1.31. The molecule has 1 N–H and O–H groups in total. The van der Waals surface area contributed by atoms with E-state index in [1.165, 1.54) is 11.3 Å². The summed E-state index contributed by atoms with van der Waals surface area (Å²) in [4.78, 5) is 15.9. The van der Waals surface area contributed by atoms with Gasteiger partial charge >= 0.3 is 0 Å². The van der Waals surface area contributed by atoms with Gasteiger partial charge in [0.15, 0.2) is 11.2 Å². The molecule has 2 aromatic rings. The Morgan fingerprint density at radius 3 is 3.00 bits per heavy atom. The number of carbonyl (C=O) groups is 1. The van der Waals surface area contributed by atoms with E-state index in [1.54, 1.807) is 36.7 Å². The molecule has 100 valence electrons. The molecule has 0 radical (unpaired) electrons. The summed E-state index contributed by atoms with van der Waals surface area (Å²) in [6.45, 7) is 1.67. The summed E-state index contributed by atoms with van der Waals surface area (Å²) >= 11 is 10.5. The van der Waals surface area contributed by atoms with E-state index in [-0.39, 0.29) is 5.91 Å². The minimum atomic E-state index is -0.638. The van der Waals surface area contributed by atoms with Crippen LogP contribution in [0.3, 0.4) is 0 Å². The zero-order valence-corrected chi connectivity index (χ0v) is 13.1. The van der Waals surface area contributed by atoms with E-state index in [0.29, 0.717) is 20.4 Å². The molecule has 2 rings (SSSR count). The van der Waals surface area contributed by atoms with E-state index < -0.39 is 6.10 Å². The number of aromatic nitrogens is 1. The maximum absolute atomic E-state index is 11.9. The molecule has 1 amide bonds. The Hall–Kier alpha value is -1.11. The van der Waals surface area contributed by atoms with Crippen LogP contribution < -0.4 is 10.1 Å². The number of nitrogens with one attached hydrogen (secondary N) is 1. The minimum absolute atomic E-state index is 0.253. The molecule has 1 unspecified atom stereocenters. The van der Waals surface area contributed by atoms with Gasteiger partial charge in [0, 0.05) is 16.6 Å². The summed E-state index contributed by atoms with van der Waals surface area (Å²) in [6, 6.07) is 5.12. The van der Waals surface area contributed by atoms with Crippen LogP contribution in [0.15, 0.2) is 34.2 Å². The maximum Gasteiger partial charge on any atom is 0.266 e. The van der Waals surface area contributed by atoms with Crippen molar-refractivity contribution in [2.75, 3.05) is 5.32 Å². The number of benzene rings is 1. The summed E-state index contributed by atoms with van der Waals surface area (Å²) in [5, 5.41) is 5.61. The number of thiazole rings is 1. The van der Waals surface area contributed by atoms with Crippen molar-refractivity contribution < 1.29 is 9.53 Å². The smallest absolute Gasteiger partial charge is 0.266 e. The number of rotatable bonds is 4. The van der Waals surface area contributed by atoms with Gasteiger partial charge in [0.1, 0.15) is 5.75 Å². The number of hydrogen-bond donors (Lipinski definition) is 1. The molecule has 19 heavy (non-hydrogen) atoms. The van der Waals surface area contributed by atoms with Crippen LogP contribution in [-0.2, 0) is 4.79 Å². The van der Waals surface area contributed by atoms with Crippen LogP contribution in [-0.4, -0.2) is 17.0 Å². The first-order chi connectivity index (χ1) is 9.06. The van der Waals surface area contributed by atoms with Crippen molar-refractivity contribution in [1.82, 2.24) is 4.98 Å². The molecule has 4 nitrogen and oxygen atoms in total. The second-order valence-corrected chi connectivity index (χ2v) is 5.85. The average Bonchev–Trinajstić information content (AvgIpc) is 2.85. The van der Waals surface area contributed by atoms with Crippen molar-refractivity contribution >= 4 is 49.9 Å². The van der Waals surface area contributed by atoms with Gasteiger partial charge in [-0.1, -0.05) is 11.6 Å². The molecule has 0 aliphatic carbocycles. The van der Waals surface area contributed by atoms with Crippen LogP contribution in [0.5, 0.6) is 5.75 Å². The van der Waals surface area contributed by atoms with Gasteiger partial charge in [-0.25, -0.2) is 4.98 Å². The second-order valence-electron chi connectivity index (χ2n) is 3.66. The largest absolute Gasteiger partial charge is 0.480 e. The first kappa shape index (κ1) is 14.3. The third-order valence-electron chi connectivity index (χ3n) is 2.23. The first-order valence-corrected chi connectivity index (χ1v) is 7.43. The Kier molecular flexibility index (Phi) is 4.79. The summed E-state index contributed by atoms with van der Waals surface area (Å²) < 4.78 is 6.27. The first-order valence-electron chi connectivity index (χ1n) is 5.38. The summed E-state index contributed by atoms with van der Waals surface area (Å²) in [7, 11) is 0. The molecule has 0 fully saturated rings. The predicted molar refractivity (Wildman–Crippen MR) is 80.0 cm³/mol. The van der Waals surface area contributed by atoms with Gasteiger partial charge in [0.2, 0.25) is 0 Å². The van der Waals surface area contributed by atoms with Crippen molar-refractivity contribution in [2.45, 2.75) is 13.0 Å². The SMILES string of the molecule is CC(Oc1ccc(Cl)cc1Br)C(=O)Nc1nccs1. The lowest BCUT2D eigenvalue weighted by molar-refractivity contribution is -0.122. The van der Waals surface area contributed by atoms with Gasteiger partial charge < -0.3 is 4.74 Å². The van der Waals surface area contributed by atoms with Crippen molar-refractivity contribution in [3.05, 3.63) is 39.3 Å². The normalized spacial score (nSPS) is 11.9. The van der Waals surface area contributed by atoms with E-state index in [2.05, 4.69) is 26.2 Å². The van der Waals surface area contributed by atoms with Gasteiger partial charge in [0.05, 0.1) is 4.47 Å². The minimum Gasteiger partial charge on any atom is -0.480 e. The van der Waals surface area contributed by atoms with E-state index in [9.17, 15) is 4.79 Å². The molecule has 1 heterocycles. The van der Waals surface area contributed by atoms with Gasteiger partial charge in [-0.15, -0.1) is 11.3 Å². The molecule has 0 aliphatic heterocycles. The zero-order valence-electron chi connectivity index (χ0n) is 9.89. The Bertz CT molecular complexity index is 577. The molecule has 7 heteroatoms. The number of anilines is 1. The molecule has 0 spiro atoms. The summed E-state index contributed by atoms with van der Waals surface area (Å²) in [6.07, 6.45) is 0.989. The van der Waals surface area contributed by atoms with Crippen LogP contribution in [0.2, 0.25) is 5.02 Å². The highest BCUT2D eigenvalue weighted by atomic mass is 79.9. The Morgan fingerprint density at radius 1 is 1.58 bits per heavy atom. The molecule has 1 aromatic carbocycles. The third-order valence-corrected chi connectivity index (χ3v) is 3.77. The molecular weight excluding hydrogens is 352 g/mol. The molecule has 1 atom stereocenters. The summed E-state index contributed by atoms with van der Waals surface area (Å²) in [5.41, 5.74) is 0. The highest BCUT2D eigenvalue weighted by Gasteiger charge is 2.17. The lowest BCUT2D eigenvalue weighted by atomic mass is 10.3. The second kappa shape index (κ2) is 6.36. The van der Waals surface area contributed by atoms with Crippen LogP contribution in [0.1, 0.15) is 6.92 Å². The predicted octanol–water partition coefficient (Wildman–Crippen LogP) is 3.97.